The number of aromatic nitrogens is 1. The van der Waals surface area contributed by atoms with Crippen molar-refractivity contribution in [3.8, 4) is 11.5 Å². The van der Waals surface area contributed by atoms with E-state index in [2.05, 4.69) is 26.3 Å². The molecule has 0 radical (unpaired) electrons. The summed E-state index contributed by atoms with van der Waals surface area (Å²) in [7, 11) is 3.23. The van der Waals surface area contributed by atoms with E-state index in [9.17, 15) is 24.0 Å². The van der Waals surface area contributed by atoms with E-state index in [0.29, 0.717) is 36.0 Å². The second-order valence-electron chi connectivity index (χ2n) is 14.0. The Hall–Kier alpha value is -5.28. The summed E-state index contributed by atoms with van der Waals surface area (Å²) in [6.07, 6.45) is 2.45. The molecule has 15 heteroatoms. The smallest absolute Gasteiger partial charge is 0.271 e. The molecule has 14 nitrogen and oxygen atoms in total. The third-order valence-electron chi connectivity index (χ3n) is 9.30. The van der Waals surface area contributed by atoms with Crippen molar-refractivity contribution < 1.29 is 33.4 Å². The van der Waals surface area contributed by atoms with Crippen molar-refractivity contribution in [1.82, 2.24) is 36.1 Å². The van der Waals surface area contributed by atoms with E-state index in [1.54, 1.807) is 40.3 Å². The molecular weight excluding hydrogens is 711 g/mol. The molecule has 2 aliphatic heterocycles. The molecule has 0 unspecified atom stereocenters. The fourth-order valence-electron chi connectivity index (χ4n) is 6.27. The first kappa shape index (κ1) is 39.9. The Morgan fingerprint density at radius 1 is 0.926 bits per heavy atom. The highest BCUT2D eigenvalue weighted by molar-refractivity contribution is 7.09. The zero-order valence-corrected chi connectivity index (χ0v) is 32.3. The molecule has 4 N–H and O–H groups in total. The lowest BCUT2D eigenvalue weighted by molar-refractivity contribution is -0.136. The van der Waals surface area contributed by atoms with Gasteiger partial charge < -0.3 is 35.6 Å². The number of likely N-dealkylation sites (N-methyl/N-ethyl adjacent to an activating group) is 1. The van der Waals surface area contributed by atoms with Gasteiger partial charge in [-0.05, 0) is 49.5 Å². The summed E-state index contributed by atoms with van der Waals surface area (Å²) in [6, 6.07) is 11.9. The SMILES string of the molecule is COc1cccc2c1OCC(CN1CCN(C)C(=O)[C@@H](C)NC(=O)[C@H](C(C)C)NC(=O)[C@H](C)NC(=O)c3csc(n3)[C@H](Cc3ccccc3)NC(=O)C1)=C2. The molecule has 2 bridgehead atoms. The fraction of sp³-hybridized carbons (Fsp3) is 0.436. The number of nitrogens with one attached hydrogen (secondary N) is 4. The van der Waals surface area contributed by atoms with E-state index in [4.69, 9.17) is 9.47 Å². The lowest BCUT2D eigenvalue weighted by Gasteiger charge is -2.30. The highest BCUT2D eigenvalue weighted by Crippen LogP contribution is 2.35. The van der Waals surface area contributed by atoms with Crippen molar-refractivity contribution in [2.45, 2.75) is 58.3 Å². The van der Waals surface area contributed by atoms with Crippen LogP contribution >= 0.6 is 11.3 Å². The number of fused-ring (bicyclic) bond motifs is 3. The van der Waals surface area contributed by atoms with Crippen molar-refractivity contribution in [1.29, 1.82) is 0 Å². The summed E-state index contributed by atoms with van der Waals surface area (Å²) in [4.78, 5) is 75.3. The molecule has 2 aliphatic rings. The van der Waals surface area contributed by atoms with Gasteiger partial charge in [-0.25, -0.2) is 4.98 Å². The number of para-hydroxylation sites is 1. The molecule has 3 aromatic rings. The van der Waals surface area contributed by atoms with Gasteiger partial charge in [-0.2, -0.15) is 0 Å². The van der Waals surface area contributed by atoms with Crippen molar-refractivity contribution >= 4 is 46.9 Å². The van der Waals surface area contributed by atoms with Crippen LogP contribution in [0.4, 0.5) is 0 Å². The van der Waals surface area contributed by atoms with E-state index in [1.165, 1.54) is 23.2 Å². The van der Waals surface area contributed by atoms with E-state index in [0.717, 1.165) is 16.7 Å². The van der Waals surface area contributed by atoms with Crippen LogP contribution in [0.1, 0.15) is 60.4 Å². The van der Waals surface area contributed by atoms with Gasteiger partial charge in [0, 0.05) is 37.6 Å². The van der Waals surface area contributed by atoms with Crippen LogP contribution in [-0.2, 0) is 25.6 Å². The fourth-order valence-corrected chi connectivity index (χ4v) is 7.12. The second kappa shape index (κ2) is 18.2. The molecule has 288 valence electrons. The number of nitrogens with zero attached hydrogens (tertiary/aromatic N) is 3. The minimum atomic E-state index is -0.998. The number of amides is 5. The first-order valence-electron chi connectivity index (χ1n) is 18.0. The van der Waals surface area contributed by atoms with E-state index < -0.39 is 41.9 Å². The molecule has 5 amide bonds. The zero-order valence-electron chi connectivity index (χ0n) is 31.5. The molecule has 3 heterocycles. The lowest BCUT2D eigenvalue weighted by Crippen LogP contribution is -2.57. The first-order valence-corrected chi connectivity index (χ1v) is 18.9. The molecule has 54 heavy (non-hydrogen) atoms. The molecule has 0 spiro atoms. The minimum absolute atomic E-state index is 0.0119. The first-order chi connectivity index (χ1) is 25.8. The summed E-state index contributed by atoms with van der Waals surface area (Å²) in [5.74, 6) is -1.30. The van der Waals surface area contributed by atoms with Crippen molar-refractivity contribution in [2.24, 2.45) is 5.92 Å². The molecule has 0 saturated heterocycles. The van der Waals surface area contributed by atoms with Crippen LogP contribution in [0.25, 0.3) is 6.08 Å². The van der Waals surface area contributed by atoms with Crippen molar-refractivity contribution in [2.75, 3.05) is 46.9 Å². The Morgan fingerprint density at radius 2 is 1.69 bits per heavy atom. The Bertz CT molecular complexity index is 1860. The number of carbonyl (C=O) groups excluding carboxylic acids is 5. The van der Waals surface area contributed by atoms with Gasteiger partial charge in [-0.15, -0.1) is 11.3 Å². The average molecular weight is 760 g/mol. The molecule has 5 rings (SSSR count). The van der Waals surface area contributed by atoms with Crippen molar-refractivity contribution in [3.63, 3.8) is 0 Å². The number of hydrogen-bond donors (Lipinski definition) is 4. The molecule has 0 fully saturated rings. The van der Waals surface area contributed by atoms with Gasteiger partial charge >= 0.3 is 0 Å². The average Bonchev–Trinajstić information content (AvgIpc) is 3.65. The van der Waals surface area contributed by atoms with E-state index in [1.807, 2.05) is 59.5 Å². The topological polar surface area (TPSA) is 171 Å². The standard InChI is InChI=1S/C39H49N7O7S/c1-23(2)33-37(50)41-25(4)39(51)45(5)15-16-46(19-27-17-28-13-10-14-31(52-6)34(28)53-21-27)20-32(47)42-29(18-26-11-8-7-9-12-26)38-43-30(22-54-38)36(49)40-24(3)35(48)44-33/h7-14,17,22-25,29,33H,15-16,18-21H2,1-6H3,(H,40,49)(H,41,50)(H,42,47)(H,44,48)/t24-,25+,29-,33-/m0/s1. The maximum atomic E-state index is 13.9. The van der Waals surface area contributed by atoms with E-state index in [-0.39, 0.29) is 43.1 Å². The van der Waals surface area contributed by atoms with Gasteiger partial charge in [0.15, 0.2) is 11.5 Å². The van der Waals surface area contributed by atoms with Gasteiger partial charge in [0.2, 0.25) is 23.6 Å². The van der Waals surface area contributed by atoms with Crippen LogP contribution in [-0.4, -0.2) is 109 Å². The maximum absolute atomic E-state index is 13.9. The van der Waals surface area contributed by atoms with Crippen LogP contribution in [0.2, 0.25) is 0 Å². The molecular formula is C39H49N7O7S. The number of benzene rings is 2. The summed E-state index contributed by atoms with van der Waals surface area (Å²) >= 11 is 1.24. The van der Waals surface area contributed by atoms with Gasteiger partial charge in [0.05, 0.1) is 19.7 Å². The number of rotatable bonds is 6. The monoisotopic (exact) mass is 759 g/mol. The maximum Gasteiger partial charge on any atom is 0.271 e. The third kappa shape index (κ3) is 10.2. The van der Waals surface area contributed by atoms with Crippen molar-refractivity contribution in [3.05, 3.63) is 81.3 Å². The summed E-state index contributed by atoms with van der Waals surface area (Å²) in [5, 5.41) is 13.4. The zero-order chi connectivity index (χ0) is 38.9. The van der Waals surface area contributed by atoms with Crippen LogP contribution in [0.5, 0.6) is 11.5 Å². The molecule has 1 aromatic heterocycles. The van der Waals surface area contributed by atoms with Crippen LogP contribution < -0.4 is 30.7 Å². The van der Waals surface area contributed by atoms with Crippen LogP contribution in [0.3, 0.4) is 0 Å². The Morgan fingerprint density at radius 3 is 2.41 bits per heavy atom. The summed E-state index contributed by atoms with van der Waals surface area (Å²) in [5.41, 5.74) is 2.85. The minimum Gasteiger partial charge on any atom is -0.493 e. The molecule has 0 aliphatic carbocycles. The quantitative estimate of drug-likeness (QED) is 0.295. The number of methoxy groups -OCH3 is 1. The number of carbonyl (C=O) groups is 5. The van der Waals surface area contributed by atoms with E-state index >= 15 is 0 Å². The number of thiazole rings is 1. The van der Waals surface area contributed by atoms with Crippen LogP contribution in [0.15, 0.2) is 59.5 Å². The highest BCUT2D eigenvalue weighted by Gasteiger charge is 2.31. The predicted octanol–water partition coefficient (Wildman–Crippen LogP) is 2.57. The van der Waals surface area contributed by atoms with Gasteiger partial charge in [-0.3, -0.25) is 28.9 Å². The predicted molar refractivity (Wildman–Crippen MR) is 205 cm³/mol. The molecule has 0 saturated carbocycles. The van der Waals surface area contributed by atoms with Gasteiger partial charge in [0.1, 0.15) is 35.4 Å². The number of hydrogen-bond acceptors (Lipinski definition) is 10. The third-order valence-corrected chi connectivity index (χ3v) is 10.3. The second-order valence-corrected chi connectivity index (χ2v) is 14.9. The Balaban J connectivity index is 1.45. The highest BCUT2D eigenvalue weighted by atomic mass is 32.1. The Labute approximate surface area is 319 Å². The lowest BCUT2D eigenvalue weighted by atomic mass is 10.0. The Kier molecular flexibility index (Phi) is 13.4. The van der Waals surface area contributed by atoms with Gasteiger partial charge in [-0.1, -0.05) is 56.3 Å². The van der Waals surface area contributed by atoms with Crippen LogP contribution in [0, 0.1) is 5.92 Å². The summed E-state index contributed by atoms with van der Waals surface area (Å²) < 4.78 is 11.6. The summed E-state index contributed by atoms with van der Waals surface area (Å²) in [6.45, 7) is 7.89. The number of ether oxygens (including phenoxy) is 2. The normalized spacial score (nSPS) is 22.5. The molecule has 4 atom stereocenters. The largest absolute Gasteiger partial charge is 0.493 e. The van der Waals surface area contributed by atoms with Gasteiger partial charge in [0.25, 0.3) is 5.91 Å². The molecule has 2 aromatic carbocycles.